The number of hydrogen-bond donors (Lipinski definition) is 2. The Hall–Kier alpha value is -0.820. The topological polar surface area (TPSA) is 78.5 Å². The Morgan fingerprint density at radius 1 is 1.05 bits per heavy atom. The molecule has 7 heteroatoms. The Morgan fingerprint density at radius 2 is 1.68 bits per heavy atom. The summed E-state index contributed by atoms with van der Waals surface area (Å²) < 4.78 is 25.2. The quantitative estimate of drug-likeness (QED) is 0.743. The van der Waals surface area contributed by atoms with Crippen LogP contribution in [0.4, 0.5) is 4.79 Å². The summed E-state index contributed by atoms with van der Waals surface area (Å²) in [7, 11) is -3.18. The first kappa shape index (κ1) is 16.1. The van der Waals surface area contributed by atoms with Crippen molar-refractivity contribution < 1.29 is 13.2 Å². The molecule has 4 atom stereocenters. The van der Waals surface area contributed by atoms with Crippen LogP contribution in [-0.4, -0.2) is 50.8 Å². The van der Waals surface area contributed by atoms with Crippen LogP contribution in [0.15, 0.2) is 0 Å². The van der Waals surface area contributed by atoms with E-state index in [-0.39, 0.29) is 18.3 Å². The molecular weight excluding hydrogens is 302 g/mol. The van der Waals surface area contributed by atoms with E-state index in [9.17, 15) is 13.2 Å². The molecule has 0 aromatic heterocycles. The predicted molar refractivity (Wildman–Crippen MR) is 84.9 cm³/mol. The first-order valence-electron chi connectivity index (χ1n) is 8.48. The summed E-state index contributed by atoms with van der Waals surface area (Å²) in [6.45, 7) is 3.09. The molecule has 0 radical (unpaired) electrons. The molecule has 2 aliphatic carbocycles. The highest BCUT2D eigenvalue weighted by Crippen LogP contribution is 2.47. The van der Waals surface area contributed by atoms with Gasteiger partial charge in [-0.05, 0) is 56.8 Å². The molecule has 2 heterocycles. The lowest BCUT2D eigenvalue weighted by Gasteiger charge is -2.38. The van der Waals surface area contributed by atoms with Gasteiger partial charge in [0.15, 0.2) is 0 Å². The molecule has 22 heavy (non-hydrogen) atoms. The lowest BCUT2D eigenvalue weighted by Crippen LogP contribution is -2.48. The summed E-state index contributed by atoms with van der Waals surface area (Å²) in [5.41, 5.74) is 0. The first-order valence-corrected chi connectivity index (χ1v) is 10.1. The van der Waals surface area contributed by atoms with Crippen LogP contribution in [0.2, 0.25) is 0 Å². The number of hydrogen-bond acceptors (Lipinski definition) is 3. The predicted octanol–water partition coefficient (Wildman–Crippen LogP) is 1.15. The maximum Gasteiger partial charge on any atom is 0.317 e. The van der Waals surface area contributed by atoms with E-state index >= 15 is 0 Å². The molecule has 0 spiro atoms. The van der Waals surface area contributed by atoms with Crippen molar-refractivity contribution in [1.82, 2.24) is 14.9 Å². The van der Waals surface area contributed by atoms with Gasteiger partial charge < -0.3 is 10.2 Å². The van der Waals surface area contributed by atoms with E-state index in [4.69, 9.17) is 0 Å². The number of urea groups is 1. The van der Waals surface area contributed by atoms with Crippen LogP contribution in [0.5, 0.6) is 0 Å². The van der Waals surface area contributed by atoms with E-state index in [2.05, 4.69) is 10.0 Å². The summed E-state index contributed by atoms with van der Waals surface area (Å²) in [5.74, 6) is 2.37. The van der Waals surface area contributed by atoms with E-state index < -0.39 is 10.0 Å². The lowest BCUT2D eigenvalue weighted by molar-refractivity contribution is 0.132. The average molecular weight is 329 g/mol. The third kappa shape index (κ3) is 3.56. The van der Waals surface area contributed by atoms with E-state index in [0.717, 1.165) is 31.2 Å². The van der Waals surface area contributed by atoms with Crippen molar-refractivity contribution in [2.24, 2.45) is 17.8 Å². The number of rotatable bonds is 5. The highest BCUT2D eigenvalue weighted by Gasteiger charge is 2.43. The minimum atomic E-state index is -3.18. The van der Waals surface area contributed by atoms with Gasteiger partial charge in [0.2, 0.25) is 10.0 Å². The number of carbonyl (C=O) groups is 1. The second kappa shape index (κ2) is 6.35. The molecule has 2 saturated carbocycles. The SMILES string of the molecule is CCS(=O)(=O)NCCNC(=O)N1CC2C[C@@H]3CC1C[C@H](C2)C3. The molecule has 2 aliphatic heterocycles. The van der Waals surface area contributed by atoms with Gasteiger partial charge in [-0.2, -0.15) is 0 Å². The van der Waals surface area contributed by atoms with Crippen molar-refractivity contribution >= 4 is 16.1 Å². The molecule has 2 unspecified atom stereocenters. The van der Waals surface area contributed by atoms with Gasteiger partial charge in [0.25, 0.3) is 0 Å². The minimum absolute atomic E-state index is 0.0195. The molecule has 6 nitrogen and oxygen atoms in total. The van der Waals surface area contributed by atoms with Gasteiger partial charge in [-0.3, -0.25) is 0 Å². The maximum atomic E-state index is 12.4. The molecule has 2 N–H and O–H groups in total. The van der Waals surface area contributed by atoms with Crippen molar-refractivity contribution in [2.75, 3.05) is 25.4 Å². The zero-order chi connectivity index (χ0) is 15.7. The van der Waals surface area contributed by atoms with Gasteiger partial charge in [-0.25, -0.2) is 17.9 Å². The van der Waals surface area contributed by atoms with Crippen molar-refractivity contribution in [3.8, 4) is 0 Å². The van der Waals surface area contributed by atoms with Crippen LogP contribution in [0.1, 0.15) is 39.0 Å². The van der Waals surface area contributed by atoms with Crippen LogP contribution < -0.4 is 10.0 Å². The van der Waals surface area contributed by atoms with Crippen molar-refractivity contribution in [1.29, 1.82) is 0 Å². The van der Waals surface area contributed by atoms with Crippen molar-refractivity contribution in [3.05, 3.63) is 0 Å². The monoisotopic (exact) mass is 329 g/mol. The first-order chi connectivity index (χ1) is 10.5. The number of fused-ring (bicyclic) bond motifs is 1. The molecule has 0 aromatic rings. The number of nitrogens with zero attached hydrogens (tertiary/aromatic N) is 1. The highest BCUT2D eigenvalue weighted by atomic mass is 32.2. The third-order valence-electron chi connectivity index (χ3n) is 5.47. The molecule has 2 amide bonds. The van der Waals surface area contributed by atoms with Gasteiger partial charge in [0.05, 0.1) is 5.75 Å². The summed E-state index contributed by atoms with van der Waals surface area (Å²) in [4.78, 5) is 14.5. The van der Waals surface area contributed by atoms with Crippen LogP contribution in [0.25, 0.3) is 0 Å². The Kier molecular flexibility index (Phi) is 4.64. The van der Waals surface area contributed by atoms with Gasteiger partial charge >= 0.3 is 6.03 Å². The van der Waals surface area contributed by atoms with Crippen LogP contribution >= 0.6 is 0 Å². The molecule has 2 saturated heterocycles. The zero-order valence-corrected chi connectivity index (χ0v) is 14.1. The lowest BCUT2D eigenvalue weighted by atomic mass is 9.68. The maximum absolute atomic E-state index is 12.4. The number of sulfonamides is 1. The molecule has 126 valence electrons. The molecule has 4 fully saturated rings. The third-order valence-corrected chi connectivity index (χ3v) is 6.87. The molecular formula is C15H27N3O3S. The zero-order valence-electron chi connectivity index (χ0n) is 13.3. The number of nitrogens with one attached hydrogen (secondary N) is 2. The van der Waals surface area contributed by atoms with E-state index in [0.29, 0.717) is 18.5 Å². The van der Waals surface area contributed by atoms with Gasteiger partial charge in [0.1, 0.15) is 0 Å². The van der Waals surface area contributed by atoms with Gasteiger partial charge in [-0.15, -0.1) is 0 Å². The minimum Gasteiger partial charge on any atom is -0.337 e. The van der Waals surface area contributed by atoms with E-state index in [1.807, 2.05) is 4.90 Å². The van der Waals surface area contributed by atoms with Gasteiger partial charge in [0, 0.05) is 25.7 Å². The van der Waals surface area contributed by atoms with Crippen LogP contribution in [0.3, 0.4) is 0 Å². The van der Waals surface area contributed by atoms with Crippen LogP contribution in [0, 0.1) is 17.8 Å². The second-order valence-electron chi connectivity index (χ2n) is 7.11. The van der Waals surface area contributed by atoms with Crippen LogP contribution in [-0.2, 0) is 10.0 Å². The fourth-order valence-electron chi connectivity index (χ4n) is 4.61. The normalized spacial score (nSPS) is 33.8. The van der Waals surface area contributed by atoms with Crippen molar-refractivity contribution in [2.45, 2.75) is 45.1 Å². The summed E-state index contributed by atoms with van der Waals surface area (Å²) in [6.07, 6.45) is 6.24. The Balaban J connectivity index is 1.50. The van der Waals surface area contributed by atoms with E-state index in [1.54, 1.807) is 6.92 Å². The largest absolute Gasteiger partial charge is 0.337 e. The molecule has 4 bridgehead atoms. The Morgan fingerprint density at radius 3 is 2.32 bits per heavy atom. The summed E-state index contributed by atoms with van der Waals surface area (Å²) >= 11 is 0. The number of carbonyl (C=O) groups excluding carboxylic acids is 1. The fourth-order valence-corrected chi connectivity index (χ4v) is 5.23. The Bertz CT molecular complexity index is 508. The molecule has 0 aromatic carbocycles. The van der Waals surface area contributed by atoms with Gasteiger partial charge in [-0.1, -0.05) is 0 Å². The highest BCUT2D eigenvalue weighted by molar-refractivity contribution is 7.89. The average Bonchev–Trinajstić information content (AvgIpc) is 2.67. The number of amides is 2. The van der Waals surface area contributed by atoms with Crippen molar-refractivity contribution in [3.63, 3.8) is 0 Å². The smallest absolute Gasteiger partial charge is 0.317 e. The fraction of sp³-hybridized carbons (Fsp3) is 0.933. The van der Waals surface area contributed by atoms with E-state index in [1.165, 1.54) is 19.3 Å². The molecule has 4 rings (SSSR count). The summed E-state index contributed by atoms with van der Waals surface area (Å²) in [5, 5.41) is 2.88. The summed E-state index contributed by atoms with van der Waals surface area (Å²) in [6, 6.07) is 0.373. The standard InChI is InChI=1S/C15H27N3O3S/c1-2-22(20,21)17-4-3-16-15(19)18-10-13-6-11-5-12(7-13)9-14(18)8-11/h11-14,17H,2-10H2,1H3,(H,16,19)/t11-,12+,13?,14?. The Labute approximate surface area is 133 Å². The molecule has 4 aliphatic rings. The second-order valence-corrected chi connectivity index (χ2v) is 9.21.